The van der Waals surface area contributed by atoms with Crippen molar-refractivity contribution < 1.29 is 5.11 Å². The number of nitrogens with zero attached hydrogens (tertiary/aromatic N) is 3. The fourth-order valence-electron chi connectivity index (χ4n) is 3.60. The van der Waals surface area contributed by atoms with Gasteiger partial charge in [0.15, 0.2) is 0 Å². The zero-order valence-corrected chi connectivity index (χ0v) is 11.9. The Labute approximate surface area is 116 Å². The minimum Gasteiger partial charge on any atom is -0.394 e. The molecule has 6 heteroatoms. The highest BCUT2D eigenvalue weighted by Gasteiger charge is 2.50. The number of hydrogen-bond donors (Lipinski definition) is 1. The molecule has 2 aliphatic rings. The van der Waals surface area contributed by atoms with Crippen LogP contribution in [0.15, 0.2) is 4.79 Å². The van der Waals surface area contributed by atoms with E-state index in [-0.39, 0.29) is 17.8 Å². The molecule has 0 radical (unpaired) electrons. The van der Waals surface area contributed by atoms with Crippen molar-refractivity contribution in [3.63, 3.8) is 0 Å². The molecule has 5 nitrogen and oxygen atoms in total. The predicted octanol–water partition coefficient (Wildman–Crippen LogP) is 1.05. The molecule has 1 aromatic rings. The number of hydrogen-bond acceptors (Lipinski definition) is 4. The summed E-state index contributed by atoms with van der Waals surface area (Å²) in [6.45, 7) is 5.60. The van der Waals surface area contributed by atoms with Crippen molar-refractivity contribution in [1.82, 2.24) is 9.55 Å². The van der Waals surface area contributed by atoms with E-state index < -0.39 is 0 Å². The molecule has 0 spiro atoms. The molecular formula is C13H18ClN3O2. The maximum Gasteiger partial charge on any atom is 0.350 e. The van der Waals surface area contributed by atoms with Gasteiger partial charge in [-0.2, -0.15) is 4.98 Å². The van der Waals surface area contributed by atoms with E-state index in [1.807, 2.05) is 6.92 Å². The molecule has 2 atom stereocenters. The van der Waals surface area contributed by atoms with Crippen LogP contribution in [0.4, 0.5) is 5.82 Å². The first-order valence-corrected chi connectivity index (χ1v) is 7.08. The van der Waals surface area contributed by atoms with E-state index in [9.17, 15) is 9.90 Å². The minimum absolute atomic E-state index is 0.0548. The number of aliphatic hydroxyl groups is 1. The van der Waals surface area contributed by atoms with Crippen LogP contribution in [0.1, 0.15) is 25.8 Å². The fraction of sp³-hybridized carbons (Fsp3) is 0.692. The number of fused-ring (bicyclic) bond motifs is 3. The molecule has 1 saturated heterocycles. The lowest BCUT2D eigenvalue weighted by Crippen LogP contribution is -2.45. The zero-order valence-electron chi connectivity index (χ0n) is 11.2. The number of halogens is 1. The van der Waals surface area contributed by atoms with Gasteiger partial charge in [0, 0.05) is 12.1 Å². The van der Waals surface area contributed by atoms with Gasteiger partial charge < -0.3 is 10.0 Å². The molecular weight excluding hydrogens is 266 g/mol. The minimum atomic E-state index is -0.345. The summed E-state index contributed by atoms with van der Waals surface area (Å²) in [7, 11) is 0. The Morgan fingerprint density at radius 1 is 1.58 bits per heavy atom. The second-order valence-electron chi connectivity index (χ2n) is 5.73. The van der Waals surface area contributed by atoms with E-state index >= 15 is 0 Å². The van der Waals surface area contributed by atoms with Crippen molar-refractivity contribution in [2.24, 2.45) is 5.92 Å². The highest BCUT2D eigenvalue weighted by atomic mass is 35.5. The van der Waals surface area contributed by atoms with Gasteiger partial charge in [-0.1, -0.05) is 25.4 Å². The Hall–Kier alpha value is -1.07. The van der Waals surface area contributed by atoms with E-state index in [1.165, 1.54) is 0 Å². The van der Waals surface area contributed by atoms with Crippen LogP contribution in [0.5, 0.6) is 0 Å². The van der Waals surface area contributed by atoms with Gasteiger partial charge in [-0.25, -0.2) is 4.79 Å². The smallest absolute Gasteiger partial charge is 0.350 e. The molecule has 0 saturated carbocycles. The van der Waals surface area contributed by atoms with Gasteiger partial charge in [0.2, 0.25) is 0 Å². The molecule has 104 valence electrons. The molecule has 3 heterocycles. The summed E-state index contributed by atoms with van der Waals surface area (Å²) in [4.78, 5) is 18.1. The number of aromatic nitrogens is 2. The van der Waals surface area contributed by atoms with E-state index in [2.05, 4.69) is 16.8 Å². The first kappa shape index (κ1) is 12.9. The van der Waals surface area contributed by atoms with E-state index in [1.54, 1.807) is 4.57 Å². The quantitative estimate of drug-likeness (QED) is 0.825. The Morgan fingerprint density at radius 3 is 2.95 bits per heavy atom. The van der Waals surface area contributed by atoms with E-state index in [0.29, 0.717) is 17.6 Å². The zero-order chi connectivity index (χ0) is 13.8. The lowest BCUT2D eigenvalue weighted by atomic mass is 9.94. The van der Waals surface area contributed by atoms with E-state index in [0.717, 1.165) is 30.8 Å². The molecule has 0 aliphatic carbocycles. The number of aliphatic hydroxyl groups excluding tert-OH is 1. The molecule has 0 bridgehead atoms. The predicted molar refractivity (Wildman–Crippen MR) is 73.8 cm³/mol. The molecule has 1 fully saturated rings. The summed E-state index contributed by atoms with van der Waals surface area (Å²) < 4.78 is 1.67. The topological polar surface area (TPSA) is 58.4 Å². The molecule has 1 N–H and O–H groups in total. The van der Waals surface area contributed by atoms with Gasteiger partial charge in [0.25, 0.3) is 0 Å². The third kappa shape index (κ3) is 1.64. The van der Waals surface area contributed by atoms with Crippen LogP contribution in [0.2, 0.25) is 5.15 Å². The SMILES string of the molecule is CCc1c(Cl)nc(=O)n2c1N1C[C@H](C)C[C@]1(CO)C2. The standard InChI is InChI=1S/C13H18ClN3O2/c1-3-9-10(14)15-12(19)16-6-13(7-18)4-8(2)5-17(13)11(9)16/h8,18H,3-7H2,1-2H3/t8-,13-/m1/s1. The van der Waals surface area contributed by atoms with Crippen LogP contribution in [0.3, 0.4) is 0 Å². The van der Waals surface area contributed by atoms with Gasteiger partial charge in [-0.3, -0.25) is 4.57 Å². The Balaban J connectivity index is 2.23. The summed E-state index contributed by atoms with van der Waals surface area (Å²) in [6, 6.07) is 0. The van der Waals surface area contributed by atoms with Crippen molar-refractivity contribution in [1.29, 1.82) is 0 Å². The molecule has 3 rings (SSSR count). The summed E-state index contributed by atoms with van der Waals surface area (Å²) in [6.07, 6.45) is 1.62. The lowest BCUT2D eigenvalue weighted by molar-refractivity contribution is 0.189. The number of rotatable bonds is 2. The van der Waals surface area contributed by atoms with Crippen molar-refractivity contribution in [3.05, 3.63) is 21.2 Å². The van der Waals surface area contributed by atoms with Gasteiger partial charge in [-0.05, 0) is 18.8 Å². The fourth-order valence-corrected chi connectivity index (χ4v) is 3.89. The molecule has 1 aromatic heterocycles. The Morgan fingerprint density at radius 2 is 2.32 bits per heavy atom. The summed E-state index contributed by atoms with van der Waals surface area (Å²) >= 11 is 6.12. The largest absolute Gasteiger partial charge is 0.394 e. The van der Waals surface area contributed by atoms with Crippen molar-refractivity contribution in [3.8, 4) is 0 Å². The Bertz CT molecular complexity index is 586. The molecule has 19 heavy (non-hydrogen) atoms. The van der Waals surface area contributed by atoms with Crippen LogP contribution in [-0.4, -0.2) is 33.3 Å². The summed E-state index contributed by atoms with van der Waals surface area (Å²) in [5.41, 5.74) is 0.250. The summed E-state index contributed by atoms with van der Waals surface area (Å²) in [5.74, 6) is 1.37. The first-order valence-electron chi connectivity index (χ1n) is 6.70. The third-order valence-electron chi connectivity index (χ3n) is 4.35. The number of anilines is 1. The average molecular weight is 284 g/mol. The maximum absolute atomic E-state index is 12.0. The van der Waals surface area contributed by atoms with E-state index in [4.69, 9.17) is 11.6 Å². The summed E-state index contributed by atoms with van der Waals surface area (Å²) in [5, 5.41) is 10.1. The van der Waals surface area contributed by atoms with Crippen molar-refractivity contribution in [2.75, 3.05) is 18.1 Å². The van der Waals surface area contributed by atoms with Crippen LogP contribution in [0.25, 0.3) is 0 Å². The molecule has 0 amide bonds. The van der Waals surface area contributed by atoms with Gasteiger partial charge in [0.05, 0.1) is 18.7 Å². The third-order valence-corrected chi connectivity index (χ3v) is 4.66. The van der Waals surface area contributed by atoms with Crippen LogP contribution in [-0.2, 0) is 13.0 Å². The van der Waals surface area contributed by atoms with Crippen LogP contribution >= 0.6 is 11.6 Å². The van der Waals surface area contributed by atoms with Crippen molar-refractivity contribution >= 4 is 17.4 Å². The monoisotopic (exact) mass is 283 g/mol. The molecule has 2 aliphatic heterocycles. The first-order chi connectivity index (χ1) is 9.02. The highest BCUT2D eigenvalue weighted by Crippen LogP contribution is 2.44. The second kappa shape index (κ2) is 4.21. The van der Waals surface area contributed by atoms with Gasteiger partial charge >= 0.3 is 5.69 Å². The molecule has 0 unspecified atom stereocenters. The van der Waals surface area contributed by atoms with Crippen LogP contribution in [0, 0.1) is 5.92 Å². The maximum atomic E-state index is 12.0. The molecule has 0 aromatic carbocycles. The second-order valence-corrected chi connectivity index (χ2v) is 6.09. The van der Waals surface area contributed by atoms with Crippen LogP contribution < -0.4 is 10.6 Å². The average Bonchev–Trinajstić information content (AvgIpc) is 2.83. The van der Waals surface area contributed by atoms with Gasteiger partial charge in [-0.15, -0.1) is 0 Å². The van der Waals surface area contributed by atoms with Gasteiger partial charge in [0.1, 0.15) is 11.0 Å². The Kier molecular flexibility index (Phi) is 2.87. The lowest BCUT2D eigenvalue weighted by Gasteiger charge is -2.30. The van der Waals surface area contributed by atoms with Crippen molar-refractivity contribution in [2.45, 2.75) is 38.8 Å². The highest BCUT2D eigenvalue weighted by molar-refractivity contribution is 6.30. The normalized spacial score (nSPS) is 28.6.